The Morgan fingerprint density at radius 1 is 1.33 bits per heavy atom. The summed E-state index contributed by atoms with van der Waals surface area (Å²) in [6, 6.07) is 2.57. The maximum absolute atomic E-state index is 9.56. The van der Waals surface area contributed by atoms with Crippen molar-refractivity contribution in [2.45, 2.75) is 38.2 Å². The second-order valence-corrected chi connectivity index (χ2v) is 7.37. The van der Waals surface area contributed by atoms with Crippen LogP contribution in [0.2, 0.25) is 0 Å². The molecule has 0 aromatic carbocycles. The molecule has 2 saturated heterocycles. The van der Waals surface area contributed by atoms with Gasteiger partial charge in [0.25, 0.3) is 0 Å². The van der Waals surface area contributed by atoms with Crippen LogP contribution in [0.1, 0.15) is 38.2 Å². The number of nitrogens with zero attached hydrogens (tertiary/aromatic N) is 4. The summed E-state index contributed by atoms with van der Waals surface area (Å²) in [6.45, 7) is 7.19. The highest BCUT2D eigenvalue weighted by atomic mass is 16.5. The third-order valence-corrected chi connectivity index (χ3v) is 5.49. The molecule has 0 N–H and O–H groups in total. The van der Waals surface area contributed by atoms with Crippen molar-refractivity contribution >= 4 is 0 Å². The summed E-state index contributed by atoms with van der Waals surface area (Å²) in [5, 5.41) is 13.8. The normalized spacial score (nSPS) is 27.7. The minimum atomic E-state index is -0.294. The summed E-state index contributed by atoms with van der Waals surface area (Å²) in [6.07, 6.45) is 7.71. The Labute approximate surface area is 144 Å². The molecule has 2 fully saturated rings. The fourth-order valence-corrected chi connectivity index (χ4v) is 3.83. The average Bonchev–Trinajstić information content (AvgIpc) is 3.03. The van der Waals surface area contributed by atoms with Gasteiger partial charge in [0, 0.05) is 45.1 Å². The maximum Gasteiger partial charge on any atom is 0.106 e. The quantitative estimate of drug-likeness (QED) is 0.826. The van der Waals surface area contributed by atoms with Gasteiger partial charge in [-0.15, -0.1) is 0 Å². The first kappa shape index (κ1) is 17.4. The fourth-order valence-electron chi connectivity index (χ4n) is 3.83. The summed E-state index contributed by atoms with van der Waals surface area (Å²) >= 11 is 0. The Morgan fingerprint density at radius 3 is 2.79 bits per heavy atom. The zero-order valence-electron chi connectivity index (χ0n) is 14.8. The molecule has 1 aromatic rings. The molecule has 132 valence electrons. The van der Waals surface area contributed by atoms with Crippen molar-refractivity contribution in [3.63, 3.8) is 0 Å². The van der Waals surface area contributed by atoms with E-state index in [4.69, 9.17) is 9.47 Å². The molecule has 3 heterocycles. The number of hydrogen-bond acceptors (Lipinski definition) is 5. The minimum Gasteiger partial charge on any atom is -0.381 e. The molecule has 6 heteroatoms. The van der Waals surface area contributed by atoms with Gasteiger partial charge in [-0.1, -0.05) is 0 Å². The van der Waals surface area contributed by atoms with Crippen molar-refractivity contribution < 1.29 is 9.47 Å². The summed E-state index contributed by atoms with van der Waals surface area (Å²) in [7, 11) is 1.93. The van der Waals surface area contributed by atoms with E-state index in [1.54, 1.807) is 0 Å². The van der Waals surface area contributed by atoms with E-state index in [0.29, 0.717) is 0 Å². The number of morpholine rings is 1. The molecule has 0 radical (unpaired) electrons. The van der Waals surface area contributed by atoms with E-state index in [1.807, 2.05) is 24.1 Å². The van der Waals surface area contributed by atoms with E-state index in [1.165, 1.54) is 0 Å². The van der Waals surface area contributed by atoms with Crippen molar-refractivity contribution in [2.24, 2.45) is 12.5 Å². The molecule has 0 bridgehead atoms. The third kappa shape index (κ3) is 3.80. The van der Waals surface area contributed by atoms with Crippen molar-refractivity contribution in [1.82, 2.24) is 14.7 Å². The maximum atomic E-state index is 9.56. The second kappa shape index (κ2) is 7.22. The van der Waals surface area contributed by atoms with E-state index in [-0.39, 0.29) is 11.0 Å². The molecule has 1 atom stereocenters. The van der Waals surface area contributed by atoms with Gasteiger partial charge in [-0.05, 0) is 39.2 Å². The first-order chi connectivity index (χ1) is 11.6. The lowest BCUT2D eigenvalue weighted by Crippen LogP contribution is -2.48. The standard InChI is InChI=1S/C18H28N4O2/c1-17(16-12-20-21(2)13-16)15-22(8-11-24-17)7-3-4-18(14-19)5-9-23-10-6-18/h12-13H,3-11,15H2,1-2H3. The van der Waals surface area contributed by atoms with Gasteiger partial charge in [0.15, 0.2) is 0 Å². The highest BCUT2D eigenvalue weighted by molar-refractivity contribution is 5.16. The van der Waals surface area contributed by atoms with E-state index in [0.717, 1.165) is 70.7 Å². The fraction of sp³-hybridized carbons (Fsp3) is 0.778. The van der Waals surface area contributed by atoms with E-state index < -0.39 is 0 Å². The van der Waals surface area contributed by atoms with E-state index in [2.05, 4.69) is 23.0 Å². The zero-order valence-corrected chi connectivity index (χ0v) is 14.8. The predicted molar refractivity (Wildman–Crippen MR) is 90.3 cm³/mol. The summed E-state index contributed by atoms with van der Waals surface area (Å²) in [5.41, 5.74) is 0.669. The van der Waals surface area contributed by atoms with Crippen LogP contribution in [0, 0.1) is 16.7 Å². The highest BCUT2D eigenvalue weighted by Gasteiger charge is 2.36. The Hall–Kier alpha value is -1.42. The lowest BCUT2D eigenvalue weighted by atomic mass is 9.78. The minimum absolute atomic E-state index is 0.169. The number of rotatable bonds is 5. The highest BCUT2D eigenvalue weighted by Crippen LogP contribution is 2.35. The molecule has 1 unspecified atom stereocenters. The molecule has 3 rings (SSSR count). The monoisotopic (exact) mass is 332 g/mol. The molecule has 1 aromatic heterocycles. The van der Waals surface area contributed by atoms with Crippen LogP contribution in [-0.4, -0.2) is 54.1 Å². The molecule has 0 amide bonds. The van der Waals surface area contributed by atoms with Crippen molar-refractivity contribution in [2.75, 3.05) is 39.5 Å². The topological polar surface area (TPSA) is 63.3 Å². The van der Waals surface area contributed by atoms with Gasteiger partial charge in [0.05, 0.1) is 24.3 Å². The number of hydrogen-bond donors (Lipinski definition) is 0. The molecule has 0 spiro atoms. The van der Waals surface area contributed by atoms with Crippen molar-refractivity contribution in [3.05, 3.63) is 18.0 Å². The van der Waals surface area contributed by atoms with Gasteiger partial charge >= 0.3 is 0 Å². The van der Waals surface area contributed by atoms with E-state index >= 15 is 0 Å². The first-order valence-electron chi connectivity index (χ1n) is 8.90. The number of aromatic nitrogens is 2. The van der Waals surface area contributed by atoms with Gasteiger partial charge in [-0.3, -0.25) is 9.58 Å². The predicted octanol–water partition coefficient (Wildman–Crippen LogP) is 2.07. The Kier molecular flexibility index (Phi) is 5.24. The second-order valence-electron chi connectivity index (χ2n) is 7.37. The molecular weight excluding hydrogens is 304 g/mol. The number of aryl methyl sites for hydroxylation is 1. The van der Waals surface area contributed by atoms with Gasteiger partial charge in [0.2, 0.25) is 0 Å². The van der Waals surface area contributed by atoms with Crippen LogP contribution in [0.15, 0.2) is 12.4 Å². The Balaban J connectivity index is 1.53. The molecule has 0 saturated carbocycles. The summed E-state index contributed by atoms with van der Waals surface area (Å²) < 4.78 is 13.3. The lowest BCUT2D eigenvalue weighted by Gasteiger charge is -2.40. The molecule has 24 heavy (non-hydrogen) atoms. The van der Waals surface area contributed by atoms with Crippen LogP contribution >= 0.6 is 0 Å². The molecular formula is C18H28N4O2. The third-order valence-electron chi connectivity index (χ3n) is 5.49. The first-order valence-corrected chi connectivity index (χ1v) is 8.90. The number of ether oxygens (including phenoxy) is 2. The van der Waals surface area contributed by atoms with Gasteiger partial charge in [-0.2, -0.15) is 10.4 Å². The van der Waals surface area contributed by atoms with Crippen LogP contribution in [0.5, 0.6) is 0 Å². The Morgan fingerprint density at radius 2 is 2.12 bits per heavy atom. The van der Waals surface area contributed by atoms with Gasteiger partial charge < -0.3 is 9.47 Å². The molecule has 6 nitrogen and oxygen atoms in total. The number of nitriles is 1. The van der Waals surface area contributed by atoms with Crippen molar-refractivity contribution in [3.8, 4) is 6.07 Å². The average molecular weight is 332 g/mol. The lowest BCUT2D eigenvalue weighted by molar-refractivity contribution is -0.103. The zero-order chi connectivity index (χ0) is 17.0. The van der Waals surface area contributed by atoms with E-state index in [9.17, 15) is 5.26 Å². The van der Waals surface area contributed by atoms with Crippen LogP contribution < -0.4 is 0 Å². The van der Waals surface area contributed by atoms with Gasteiger partial charge in [-0.25, -0.2) is 0 Å². The smallest absolute Gasteiger partial charge is 0.106 e. The van der Waals surface area contributed by atoms with Gasteiger partial charge in [0.1, 0.15) is 5.60 Å². The molecule has 2 aliphatic rings. The van der Waals surface area contributed by atoms with Crippen LogP contribution in [0.3, 0.4) is 0 Å². The molecule has 0 aliphatic carbocycles. The largest absolute Gasteiger partial charge is 0.381 e. The molecule has 2 aliphatic heterocycles. The van der Waals surface area contributed by atoms with Crippen LogP contribution in [-0.2, 0) is 22.1 Å². The SMILES string of the molecule is Cn1cc(C2(C)CN(CCCC3(C#N)CCOCC3)CCO2)cn1. The van der Waals surface area contributed by atoms with Crippen LogP contribution in [0.4, 0.5) is 0 Å². The Bertz CT molecular complexity index is 588. The van der Waals surface area contributed by atoms with Crippen LogP contribution in [0.25, 0.3) is 0 Å². The van der Waals surface area contributed by atoms with Crippen molar-refractivity contribution in [1.29, 1.82) is 5.26 Å². The summed E-state index contributed by atoms with van der Waals surface area (Å²) in [4.78, 5) is 2.46. The summed E-state index contributed by atoms with van der Waals surface area (Å²) in [5.74, 6) is 0.